The molecule has 0 saturated carbocycles. The molecule has 0 fully saturated rings. The highest BCUT2D eigenvalue weighted by Gasteiger charge is 2.19. The van der Waals surface area contributed by atoms with Crippen LogP contribution in [0, 0.1) is 0 Å². The van der Waals surface area contributed by atoms with Crippen LogP contribution in [0.4, 0.5) is 11.5 Å². The predicted molar refractivity (Wildman–Crippen MR) is 145 cm³/mol. The van der Waals surface area contributed by atoms with E-state index >= 15 is 0 Å². The van der Waals surface area contributed by atoms with E-state index < -0.39 is 0 Å². The maximum atomic E-state index is 13.2. The van der Waals surface area contributed by atoms with Crippen LogP contribution in [0.15, 0.2) is 97.3 Å². The van der Waals surface area contributed by atoms with E-state index in [0.29, 0.717) is 29.0 Å². The third kappa shape index (κ3) is 7.49. The van der Waals surface area contributed by atoms with Crippen molar-refractivity contribution in [1.29, 1.82) is 0 Å². The minimum absolute atomic E-state index is 0.190. The molecule has 1 amide bonds. The van der Waals surface area contributed by atoms with Crippen molar-refractivity contribution in [3.8, 4) is 11.6 Å². The second-order valence-corrected chi connectivity index (χ2v) is 8.29. The molecule has 4 rings (SSSR count). The number of carbonyl (C=O) groups is 1. The fourth-order valence-electron chi connectivity index (χ4n) is 3.45. The number of anilines is 2. The SMILES string of the molecule is O=C(NC(COCI)Cc1ccccc1)c1cccnc1Oc1ccc(Nc2ccccn2)cc1. The fourth-order valence-corrected chi connectivity index (χ4v) is 3.70. The van der Waals surface area contributed by atoms with Crippen LogP contribution in [-0.4, -0.2) is 33.1 Å². The van der Waals surface area contributed by atoms with Crippen molar-refractivity contribution < 1.29 is 14.3 Å². The van der Waals surface area contributed by atoms with Crippen molar-refractivity contribution in [2.24, 2.45) is 0 Å². The minimum atomic E-state index is -0.264. The molecule has 2 aromatic carbocycles. The predicted octanol–water partition coefficient (Wildman–Crippen LogP) is 5.76. The van der Waals surface area contributed by atoms with Crippen molar-refractivity contribution in [3.63, 3.8) is 0 Å². The zero-order valence-electron chi connectivity index (χ0n) is 18.9. The Kier molecular flexibility index (Phi) is 9.02. The number of nitrogens with zero attached hydrogens (tertiary/aromatic N) is 2. The second kappa shape index (κ2) is 12.8. The van der Waals surface area contributed by atoms with Crippen molar-refractivity contribution in [1.82, 2.24) is 15.3 Å². The number of halogens is 1. The van der Waals surface area contributed by atoms with Crippen LogP contribution in [0.3, 0.4) is 0 Å². The number of ether oxygens (including phenoxy) is 2. The molecule has 0 bridgehead atoms. The van der Waals surface area contributed by atoms with E-state index in [1.807, 2.05) is 72.8 Å². The quantitative estimate of drug-likeness (QED) is 0.173. The third-order valence-electron chi connectivity index (χ3n) is 5.08. The first kappa shape index (κ1) is 24.6. The van der Waals surface area contributed by atoms with Gasteiger partial charge < -0.3 is 20.1 Å². The normalized spacial score (nSPS) is 11.5. The number of amides is 1. The number of carbonyl (C=O) groups excluding carboxylic acids is 1. The Balaban J connectivity index is 1.44. The van der Waals surface area contributed by atoms with Crippen LogP contribution >= 0.6 is 22.6 Å². The van der Waals surface area contributed by atoms with Crippen LogP contribution in [0.1, 0.15) is 15.9 Å². The van der Waals surface area contributed by atoms with Crippen LogP contribution in [-0.2, 0) is 11.2 Å². The van der Waals surface area contributed by atoms with Crippen molar-refractivity contribution in [2.45, 2.75) is 12.5 Å². The number of pyridine rings is 2. The summed E-state index contributed by atoms with van der Waals surface area (Å²) < 4.78 is 12.1. The molecule has 0 spiro atoms. The number of benzene rings is 2. The lowest BCUT2D eigenvalue weighted by atomic mass is 10.1. The molecular weight excluding hydrogens is 555 g/mol. The lowest BCUT2D eigenvalue weighted by molar-refractivity contribution is 0.0890. The zero-order valence-corrected chi connectivity index (χ0v) is 21.1. The number of hydrogen-bond donors (Lipinski definition) is 2. The summed E-state index contributed by atoms with van der Waals surface area (Å²) in [5.41, 5.74) is 2.35. The largest absolute Gasteiger partial charge is 0.438 e. The van der Waals surface area contributed by atoms with Gasteiger partial charge in [0.2, 0.25) is 5.88 Å². The molecule has 4 aromatic rings. The van der Waals surface area contributed by atoms with Gasteiger partial charge in [0, 0.05) is 18.1 Å². The maximum Gasteiger partial charge on any atom is 0.257 e. The average Bonchev–Trinajstić information content (AvgIpc) is 2.90. The minimum Gasteiger partial charge on any atom is -0.438 e. The van der Waals surface area contributed by atoms with E-state index in [1.165, 1.54) is 0 Å². The van der Waals surface area contributed by atoms with Gasteiger partial charge in [0.05, 0.1) is 17.3 Å². The van der Waals surface area contributed by atoms with Gasteiger partial charge in [-0.1, -0.05) is 59.0 Å². The maximum absolute atomic E-state index is 13.2. The van der Waals surface area contributed by atoms with E-state index in [4.69, 9.17) is 9.47 Å². The smallest absolute Gasteiger partial charge is 0.257 e. The number of aromatic nitrogens is 2. The monoisotopic (exact) mass is 580 g/mol. The second-order valence-electron chi connectivity index (χ2n) is 7.66. The molecule has 8 heteroatoms. The van der Waals surface area contributed by atoms with E-state index in [0.717, 1.165) is 17.1 Å². The summed E-state index contributed by atoms with van der Waals surface area (Å²) in [6.45, 7) is 0.408. The van der Waals surface area contributed by atoms with Crippen molar-refractivity contribution in [3.05, 3.63) is 108 Å². The van der Waals surface area contributed by atoms with Gasteiger partial charge in [-0.2, -0.15) is 0 Å². The first-order valence-corrected chi connectivity index (χ1v) is 12.6. The van der Waals surface area contributed by atoms with E-state index in [-0.39, 0.29) is 17.8 Å². The summed E-state index contributed by atoms with van der Waals surface area (Å²) in [7, 11) is 0. The lowest BCUT2D eigenvalue weighted by Crippen LogP contribution is -2.40. The first-order chi connectivity index (χ1) is 17.2. The first-order valence-electron chi connectivity index (χ1n) is 11.1. The molecule has 2 N–H and O–H groups in total. The molecule has 0 aliphatic heterocycles. The Morgan fingerprint density at radius 3 is 2.40 bits per heavy atom. The van der Waals surface area contributed by atoms with E-state index in [1.54, 1.807) is 24.5 Å². The van der Waals surface area contributed by atoms with E-state index in [9.17, 15) is 4.79 Å². The van der Waals surface area contributed by atoms with Gasteiger partial charge in [-0.25, -0.2) is 9.97 Å². The Bertz CT molecular complexity index is 1210. The molecule has 2 heterocycles. The van der Waals surface area contributed by atoms with Gasteiger partial charge in [0.1, 0.15) is 17.1 Å². The zero-order chi connectivity index (χ0) is 24.3. The van der Waals surface area contributed by atoms with Crippen molar-refractivity contribution in [2.75, 3.05) is 16.5 Å². The molecule has 178 valence electrons. The molecule has 0 aliphatic carbocycles. The van der Waals surface area contributed by atoms with Crippen LogP contribution < -0.4 is 15.4 Å². The summed E-state index contributed by atoms with van der Waals surface area (Å²) in [6, 6.07) is 26.3. The third-order valence-corrected chi connectivity index (χ3v) is 5.52. The summed E-state index contributed by atoms with van der Waals surface area (Å²) in [6.07, 6.45) is 3.99. The Hall–Kier alpha value is -3.50. The fraction of sp³-hybridized carbons (Fsp3) is 0.148. The van der Waals surface area contributed by atoms with Crippen LogP contribution in [0.5, 0.6) is 11.6 Å². The summed E-state index contributed by atoms with van der Waals surface area (Å²) >= 11 is 2.15. The van der Waals surface area contributed by atoms with Gasteiger partial charge in [-0.05, 0) is 60.5 Å². The molecule has 0 aliphatic rings. The van der Waals surface area contributed by atoms with Gasteiger partial charge in [-0.3, -0.25) is 4.79 Å². The topological polar surface area (TPSA) is 85.4 Å². The standard InChI is InChI=1S/C27H25IN4O3/c28-19-34-18-22(17-20-7-2-1-3-8-20)32-26(33)24-9-6-16-30-27(24)35-23-13-11-21(12-14-23)31-25-10-4-5-15-29-25/h1-16,22H,17-19H2,(H,29,31)(H,32,33). The number of rotatable bonds is 11. The molecule has 0 saturated heterocycles. The Morgan fingerprint density at radius 2 is 1.66 bits per heavy atom. The van der Waals surface area contributed by atoms with E-state index in [2.05, 4.69) is 43.2 Å². The van der Waals surface area contributed by atoms with Gasteiger partial charge in [0.25, 0.3) is 5.91 Å². The van der Waals surface area contributed by atoms with Gasteiger partial charge in [-0.15, -0.1) is 0 Å². The van der Waals surface area contributed by atoms with Gasteiger partial charge in [0.15, 0.2) is 0 Å². The highest BCUT2D eigenvalue weighted by atomic mass is 127. The molecule has 1 unspecified atom stereocenters. The van der Waals surface area contributed by atoms with Gasteiger partial charge >= 0.3 is 0 Å². The molecule has 0 radical (unpaired) electrons. The Morgan fingerprint density at radius 1 is 0.886 bits per heavy atom. The number of nitrogens with one attached hydrogen (secondary N) is 2. The lowest BCUT2D eigenvalue weighted by Gasteiger charge is -2.19. The summed E-state index contributed by atoms with van der Waals surface area (Å²) in [4.78, 5) is 21.7. The Labute approximate surface area is 218 Å². The number of alkyl halides is 1. The highest BCUT2D eigenvalue weighted by molar-refractivity contribution is 14.1. The van der Waals surface area contributed by atoms with Crippen molar-refractivity contribution >= 4 is 40.0 Å². The molecule has 1 atom stereocenters. The molecular formula is C27H25IN4O3. The average molecular weight is 580 g/mol. The molecule has 7 nitrogen and oxygen atoms in total. The number of hydrogen-bond acceptors (Lipinski definition) is 6. The summed E-state index contributed by atoms with van der Waals surface area (Å²) in [5.74, 6) is 1.29. The van der Waals surface area contributed by atoms with Crippen LogP contribution in [0.2, 0.25) is 0 Å². The molecule has 2 aromatic heterocycles. The molecule has 35 heavy (non-hydrogen) atoms. The van der Waals surface area contributed by atoms with Crippen LogP contribution in [0.25, 0.3) is 0 Å². The highest BCUT2D eigenvalue weighted by Crippen LogP contribution is 2.25. The summed E-state index contributed by atoms with van der Waals surface area (Å²) in [5, 5.41) is 6.30.